The fraction of sp³-hybridized carbons (Fsp3) is 0. The SMILES string of the molecule is O=C(Nc1cccc(NS(=O)(=O)c2ccccc2)c1)c1ccn(-c2ccccc2F)n1. The standard InChI is InChI=1S/C22H17FN4O3S/c23-19-11-4-5-12-21(19)27-14-13-20(25-27)22(28)24-16-7-6-8-17(15-16)26-31(29,30)18-9-2-1-3-10-18/h1-15,26H,(H,24,28). The number of benzene rings is 3. The smallest absolute Gasteiger partial charge is 0.276 e. The third kappa shape index (κ3) is 4.62. The second-order valence-corrected chi connectivity index (χ2v) is 8.23. The van der Waals surface area contributed by atoms with Gasteiger partial charge in [-0.1, -0.05) is 36.4 Å². The second kappa shape index (κ2) is 8.41. The molecule has 0 saturated heterocycles. The maximum absolute atomic E-state index is 13.9. The van der Waals surface area contributed by atoms with E-state index in [9.17, 15) is 17.6 Å². The van der Waals surface area contributed by atoms with Crippen LogP contribution < -0.4 is 10.0 Å². The van der Waals surface area contributed by atoms with E-state index in [-0.39, 0.29) is 16.3 Å². The average molecular weight is 436 g/mol. The molecule has 0 spiro atoms. The van der Waals surface area contributed by atoms with E-state index in [4.69, 9.17) is 0 Å². The minimum Gasteiger partial charge on any atom is -0.321 e. The summed E-state index contributed by atoms with van der Waals surface area (Å²) in [6.45, 7) is 0. The molecule has 0 radical (unpaired) electrons. The van der Waals surface area contributed by atoms with Crippen LogP contribution in [0.15, 0.2) is 96.0 Å². The predicted molar refractivity (Wildman–Crippen MR) is 115 cm³/mol. The van der Waals surface area contributed by atoms with E-state index in [0.29, 0.717) is 11.4 Å². The summed E-state index contributed by atoms with van der Waals surface area (Å²) in [5, 5.41) is 6.77. The lowest BCUT2D eigenvalue weighted by atomic mass is 10.2. The Kier molecular flexibility index (Phi) is 5.50. The van der Waals surface area contributed by atoms with Gasteiger partial charge in [-0.2, -0.15) is 5.10 Å². The van der Waals surface area contributed by atoms with Crippen LogP contribution in [0.2, 0.25) is 0 Å². The van der Waals surface area contributed by atoms with Gasteiger partial charge in [-0.15, -0.1) is 0 Å². The van der Waals surface area contributed by atoms with Crippen molar-refractivity contribution in [3.63, 3.8) is 0 Å². The zero-order valence-corrected chi connectivity index (χ0v) is 16.9. The fourth-order valence-corrected chi connectivity index (χ4v) is 3.96. The van der Waals surface area contributed by atoms with Crippen LogP contribution in [-0.4, -0.2) is 24.1 Å². The molecule has 0 aliphatic rings. The van der Waals surface area contributed by atoms with Crippen molar-refractivity contribution in [1.29, 1.82) is 0 Å². The summed E-state index contributed by atoms with van der Waals surface area (Å²) in [4.78, 5) is 12.7. The van der Waals surface area contributed by atoms with E-state index in [1.807, 2.05) is 0 Å². The highest BCUT2D eigenvalue weighted by Gasteiger charge is 2.15. The summed E-state index contributed by atoms with van der Waals surface area (Å²) in [6.07, 6.45) is 1.48. The molecule has 1 aromatic heterocycles. The molecule has 0 atom stereocenters. The number of nitrogens with zero attached hydrogens (tertiary/aromatic N) is 2. The normalized spacial score (nSPS) is 11.1. The lowest BCUT2D eigenvalue weighted by molar-refractivity contribution is 0.102. The minimum atomic E-state index is -3.76. The van der Waals surface area contributed by atoms with Gasteiger partial charge in [0.1, 0.15) is 11.5 Å². The number of carbonyl (C=O) groups is 1. The first-order valence-corrected chi connectivity index (χ1v) is 10.7. The first-order valence-electron chi connectivity index (χ1n) is 9.22. The summed E-state index contributed by atoms with van der Waals surface area (Å²) >= 11 is 0. The Morgan fingerprint density at radius 3 is 2.35 bits per heavy atom. The highest BCUT2D eigenvalue weighted by atomic mass is 32.2. The molecular formula is C22H17FN4O3S. The Balaban J connectivity index is 1.49. The number of aromatic nitrogens is 2. The van der Waals surface area contributed by atoms with Gasteiger partial charge in [-0.3, -0.25) is 9.52 Å². The summed E-state index contributed by atoms with van der Waals surface area (Å²) in [5.41, 5.74) is 0.967. The molecule has 31 heavy (non-hydrogen) atoms. The Morgan fingerprint density at radius 1 is 0.871 bits per heavy atom. The van der Waals surface area contributed by atoms with E-state index in [1.165, 1.54) is 41.2 Å². The molecule has 0 aliphatic heterocycles. The molecule has 156 valence electrons. The minimum absolute atomic E-state index is 0.0820. The van der Waals surface area contributed by atoms with Gasteiger partial charge in [0.2, 0.25) is 0 Å². The monoisotopic (exact) mass is 436 g/mol. The zero-order valence-electron chi connectivity index (χ0n) is 16.1. The molecule has 4 rings (SSSR count). The van der Waals surface area contributed by atoms with Crippen LogP contribution >= 0.6 is 0 Å². The number of para-hydroxylation sites is 1. The van der Waals surface area contributed by atoms with E-state index in [0.717, 1.165) is 0 Å². The summed E-state index contributed by atoms with van der Waals surface area (Å²) in [5.74, 6) is -0.978. The summed E-state index contributed by atoms with van der Waals surface area (Å²) in [7, 11) is -3.76. The van der Waals surface area contributed by atoms with Crippen molar-refractivity contribution >= 4 is 27.3 Å². The molecule has 1 amide bonds. The van der Waals surface area contributed by atoms with E-state index >= 15 is 0 Å². The fourth-order valence-electron chi connectivity index (χ4n) is 2.89. The molecule has 0 aliphatic carbocycles. The number of anilines is 2. The maximum atomic E-state index is 13.9. The number of carbonyl (C=O) groups excluding carboxylic acids is 1. The van der Waals surface area contributed by atoms with Gasteiger partial charge in [-0.25, -0.2) is 17.5 Å². The van der Waals surface area contributed by atoms with Gasteiger partial charge in [-0.05, 0) is 48.5 Å². The molecule has 3 aromatic carbocycles. The predicted octanol–water partition coefficient (Wildman–Crippen LogP) is 4.06. The number of hydrogen-bond acceptors (Lipinski definition) is 4. The Hall–Kier alpha value is -3.98. The number of amides is 1. The highest BCUT2D eigenvalue weighted by molar-refractivity contribution is 7.92. The van der Waals surface area contributed by atoms with Gasteiger partial charge in [0.15, 0.2) is 5.69 Å². The van der Waals surface area contributed by atoms with E-state index in [1.54, 1.807) is 54.6 Å². The van der Waals surface area contributed by atoms with Crippen LogP contribution in [0.25, 0.3) is 5.69 Å². The Morgan fingerprint density at radius 2 is 1.58 bits per heavy atom. The third-order valence-corrected chi connectivity index (χ3v) is 5.74. The molecule has 7 nitrogen and oxygen atoms in total. The van der Waals surface area contributed by atoms with Crippen molar-refractivity contribution in [2.45, 2.75) is 4.90 Å². The van der Waals surface area contributed by atoms with Crippen molar-refractivity contribution in [3.05, 3.63) is 103 Å². The molecule has 0 saturated carbocycles. The number of hydrogen-bond donors (Lipinski definition) is 2. The van der Waals surface area contributed by atoms with Crippen molar-refractivity contribution < 1.29 is 17.6 Å². The first kappa shape index (κ1) is 20.3. The second-order valence-electron chi connectivity index (χ2n) is 6.55. The quantitative estimate of drug-likeness (QED) is 0.477. The molecule has 0 fully saturated rings. The average Bonchev–Trinajstić information content (AvgIpc) is 3.25. The molecular weight excluding hydrogens is 419 g/mol. The number of sulfonamides is 1. The zero-order chi connectivity index (χ0) is 21.8. The number of rotatable bonds is 6. The van der Waals surface area contributed by atoms with Crippen molar-refractivity contribution in [1.82, 2.24) is 9.78 Å². The van der Waals surface area contributed by atoms with Gasteiger partial charge >= 0.3 is 0 Å². The molecule has 0 unspecified atom stereocenters. The van der Waals surface area contributed by atoms with Crippen LogP contribution in [0.5, 0.6) is 0 Å². The van der Waals surface area contributed by atoms with Crippen molar-refractivity contribution in [3.8, 4) is 5.69 Å². The largest absolute Gasteiger partial charge is 0.321 e. The summed E-state index contributed by atoms with van der Waals surface area (Å²) < 4.78 is 42.6. The number of halogens is 1. The first-order chi connectivity index (χ1) is 14.9. The van der Waals surface area contributed by atoms with Crippen LogP contribution in [0, 0.1) is 5.82 Å². The van der Waals surface area contributed by atoms with E-state index < -0.39 is 21.7 Å². The van der Waals surface area contributed by atoms with Crippen molar-refractivity contribution in [2.75, 3.05) is 10.0 Å². The highest BCUT2D eigenvalue weighted by Crippen LogP contribution is 2.20. The number of nitrogens with one attached hydrogen (secondary N) is 2. The lowest BCUT2D eigenvalue weighted by Crippen LogP contribution is -2.15. The van der Waals surface area contributed by atoms with Crippen LogP contribution in [-0.2, 0) is 10.0 Å². The molecule has 2 N–H and O–H groups in total. The van der Waals surface area contributed by atoms with Crippen LogP contribution in [0.1, 0.15) is 10.5 Å². The molecule has 4 aromatic rings. The van der Waals surface area contributed by atoms with Crippen LogP contribution in [0.4, 0.5) is 15.8 Å². The Bertz CT molecular complexity index is 1340. The molecule has 0 bridgehead atoms. The van der Waals surface area contributed by atoms with Gasteiger partial charge in [0.25, 0.3) is 15.9 Å². The maximum Gasteiger partial charge on any atom is 0.276 e. The van der Waals surface area contributed by atoms with Gasteiger partial charge < -0.3 is 5.32 Å². The Labute approximate surface area is 178 Å². The lowest BCUT2D eigenvalue weighted by Gasteiger charge is -2.10. The van der Waals surface area contributed by atoms with Crippen LogP contribution in [0.3, 0.4) is 0 Å². The molecule has 1 heterocycles. The summed E-state index contributed by atoms with van der Waals surface area (Å²) in [6, 6.07) is 21.8. The topological polar surface area (TPSA) is 93.1 Å². The van der Waals surface area contributed by atoms with Crippen molar-refractivity contribution in [2.24, 2.45) is 0 Å². The van der Waals surface area contributed by atoms with Gasteiger partial charge in [0, 0.05) is 11.9 Å². The molecule has 9 heteroatoms. The van der Waals surface area contributed by atoms with E-state index in [2.05, 4.69) is 15.1 Å². The van der Waals surface area contributed by atoms with Gasteiger partial charge in [0.05, 0.1) is 10.6 Å². The third-order valence-electron chi connectivity index (χ3n) is 4.35.